The van der Waals surface area contributed by atoms with Gasteiger partial charge in [0.15, 0.2) is 0 Å². The Hall–Kier alpha value is -1.33. The molecule has 96 valence electrons. The fraction of sp³-hybridized carbons (Fsp3) is 0.562. The highest BCUT2D eigenvalue weighted by atomic mass is 16.3. The Morgan fingerprint density at radius 1 is 1.39 bits per heavy atom. The summed E-state index contributed by atoms with van der Waals surface area (Å²) in [7, 11) is 0. The van der Waals surface area contributed by atoms with Crippen LogP contribution in [-0.2, 0) is 12.8 Å². The number of hydrogen-bond acceptors (Lipinski definition) is 2. The van der Waals surface area contributed by atoms with E-state index in [1.165, 1.54) is 11.1 Å². The Balaban J connectivity index is 2.30. The molecule has 0 aliphatic heterocycles. The van der Waals surface area contributed by atoms with Crippen LogP contribution in [0.2, 0.25) is 0 Å². The predicted molar refractivity (Wildman–Crippen MR) is 72.0 cm³/mol. The van der Waals surface area contributed by atoms with Gasteiger partial charge in [-0.3, -0.25) is 0 Å². The van der Waals surface area contributed by atoms with E-state index < -0.39 is 11.5 Å². The number of aliphatic hydroxyl groups excluding tert-OH is 1. The van der Waals surface area contributed by atoms with Crippen LogP contribution in [0.3, 0.4) is 0 Å². The lowest BCUT2D eigenvalue weighted by molar-refractivity contribution is 0.00967. The third kappa shape index (κ3) is 2.15. The van der Waals surface area contributed by atoms with Crippen LogP contribution in [0.4, 0.5) is 0 Å². The summed E-state index contributed by atoms with van der Waals surface area (Å²) in [6.07, 6.45) is 2.74. The summed E-state index contributed by atoms with van der Waals surface area (Å²) in [5.41, 5.74) is 1.97. The first-order valence-electron chi connectivity index (χ1n) is 6.79. The van der Waals surface area contributed by atoms with Crippen molar-refractivity contribution in [2.45, 2.75) is 45.6 Å². The van der Waals surface area contributed by atoms with Gasteiger partial charge in [-0.1, -0.05) is 44.5 Å². The molecule has 0 amide bonds. The number of nitriles is 1. The van der Waals surface area contributed by atoms with Gasteiger partial charge in [0, 0.05) is 0 Å². The van der Waals surface area contributed by atoms with Gasteiger partial charge in [0.25, 0.3) is 0 Å². The zero-order valence-corrected chi connectivity index (χ0v) is 11.2. The standard InChI is InChI=1S/C16H21NO/c1-3-12(2)15(18)16(11-17)9-8-13-6-4-5-7-14(13)10-16/h4-7,12,15,18H,3,8-10H2,1-2H3. The van der Waals surface area contributed by atoms with Crippen molar-refractivity contribution in [1.82, 2.24) is 0 Å². The molecular formula is C16H21NO. The Morgan fingerprint density at radius 2 is 2.06 bits per heavy atom. The van der Waals surface area contributed by atoms with E-state index in [4.69, 9.17) is 0 Å². The quantitative estimate of drug-likeness (QED) is 0.886. The highest BCUT2D eigenvalue weighted by Gasteiger charge is 2.42. The van der Waals surface area contributed by atoms with E-state index >= 15 is 0 Å². The number of nitrogens with zero attached hydrogens (tertiary/aromatic N) is 1. The molecule has 2 rings (SSSR count). The number of rotatable bonds is 3. The van der Waals surface area contributed by atoms with Crippen molar-refractivity contribution in [2.75, 3.05) is 0 Å². The summed E-state index contributed by atoms with van der Waals surface area (Å²) in [6.45, 7) is 4.10. The van der Waals surface area contributed by atoms with Gasteiger partial charge in [-0.05, 0) is 36.3 Å². The fourth-order valence-corrected chi connectivity index (χ4v) is 2.94. The van der Waals surface area contributed by atoms with Crippen molar-refractivity contribution in [3.05, 3.63) is 35.4 Å². The average molecular weight is 243 g/mol. The van der Waals surface area contributed by atoms with E-state index in [-0.39, 0.29) is 5.92 Å². The minimum atomic E-state index is -0.593. The smallest absolute Gasteiger partial charge is 0.0878 e. The number of fused-ring (bicyclic) bond motifs is 1. The van der Waals surface area contributed by atoms with Crippen molar-refractivity contribution in [1.29, 1.82) is 5.26 Å². The second-order valence-corrected chi connectivity index (χ2v) is 5.54. The molecule has 1 aromatic carbocycles. The lowest BCUT2D eigenvalue weighted by Gasteiger charge is -2.38. The second-order valence-electron chi connectivity index (χ2n) is 5.54. The molecule has 0 spiro atoms. The highest BCUT2D eigenvalue weighted by molar-refractivity contribution is 5.33. The minimum absolute atomic E-state index is 0.176. The topological polar surface area (TPSA) is 44.0 Å². The minimum Gasteiger partial charge on any atom is -0.391 e. The largest absolute Gasteiger partial charge is 0.391 e. The van der Waals surface area contributed by atoms with E-state index in [9.17, 15) is 10.4 Å². The molecule has 0 saturated heterocycles. The molecule has 0 aromatic heterocycles. The first-order valence-corrected chi connectivity index (χ1v) is 6.79. The van der Waals surface area contributed by atoms with Crippen LogP contribution >= 0.6 is 0 Å². The van der Waals surface area contributed by atoms with Crippen molar-refractivity contribution in [3.63, 3.8) is 0 Å². The van der Waals surface area contributed by atoms with Crippen molar-refractivity contribution >= 4 is 0 Å². The van der Waals surface area contributed by atoms with Crippen molar-refractivity contribution < 1.29 is 5.11 Å². The average Bonchev–Trinajstić information content (AvgIpc) is 2.45. The molecule has 1 N–H and O–H groups in total. The Bertz CT molecular complexity index is 462. The summed E-state index contributed by atoms with van der Waals surface area (Å²) in [5.74, 6) is 0.176. The lowest BCUT2D eigenvalue weighted by atomic mass is 9.66. The molecule has 3 unspecified atom stereocenters. The highest BCUT2D eigenvalue weighted by Crippen LogP contribution is 2.40. The molecule has 0 bridgehead atoms. The van der Waals surface area contributed by atoms with Crippen LogP contribution in [0.15, 0.2) is 24.3 Å². The lowest BCUT2D eigenvalue weighted by Crippen LogP contribution is -2.42. The van der Waals surface area contributed by atoms with Gasteiger partial charge in [-0.25, -0.2) is 0 Å². The van der Waals surface area contributed by atoms with Gasteiger partial charge in [0.2, 0.25) is 0 Å². The molecule has 1 aliphatic carbocycles. The summed E-state index contributed by atoms with van der Waals surface area (Å²) in [5, 5.41) is 20.1. The molecule has 2 nitrogen and oxygen atoms in total. The summed E-state index contributed by atoms with van der Waals surface area (Å²) in [4.78, 5) is 0. The van der Waals surface area contributed by atoms with Crippen LogP contribution in [0, 0.1) is 22.7 Å². The third-order valence-corrected chi connectivity index (χ3v) is 4.44. The normalized spacial score (nSPS) is 25.9. The third-order valence-electron chi connectivity index (χ3n) is 4.44. The molecule has 1 aromatic rings. The molecule has 0 saturated carbocycles. The van der Waals surface area contributed by atoms with E-state index in [0.29, 0.717) is 6.42 Å². The summed E-state index contributed by atoms with van der Waals surface area (Å²) in [6, 6.07) is 10.7. The SMILES string of the molecule is CCC(C)C(O)C1(C#N)CCc2ccccc2C1. The van der Waals surface area contributed by atoms with Gasteiger partial charge in [0.1, 0.15) is 0 Å². The van der Waals surface area contributed by atoms with Crippen molar-refractivity contribution in [3.8, 4) is 6.07 Å². The van der Waals surface area contributed by atoms with Gasteiger partial charge < -0.3 is 5.11 Å². The monoisotopic (exact) mass is 243 g/mol. The molecule has 2 heteroatoms. The van der Waals surface area contributed by atoms with Crippen LogP contribution in [0.1, 0.15) is 37.8 Å². The van der Waals surface area contributed by atoms with Gasteiger partial charge in [-0.15, -0.1) is 0 Å². The van der Waals surface area contributed by atoms with E-state index in [1.807, 2.05) is 19.1 Å². The summed E-state index contributed by atoms with van der Waals surface area (Å²) >= 11 is 0. The Labute approximate surface area is 109 Å². The Morgan fingerprint density at radius 3 is 2.67 bits per heavy atom. The maximum Gasteiger partial charge on any atom is 0.0878 e. The molecule has 0 heterocycles. The van der Waals surface area contributed by atoms with Gasteiger partial charge >= 0.3 is 0 Å². The van der Waals surface area contributed by atoms with Crippen LogP contribution in [0.25, 0.3) is 0 Å². The molecule has 18 heavy (non-hydrogen) atoms. The van der Waals surface area contributed by atoms with Gasteiger partial charge in [-0.2, -0.15) is 5.26 Å². The van der Waals surface area contributed by atoms with Crippen molar-refractivity contribution in [2.24, 2.45) is 11.3 Å². The first kappa shape index (κ1) is 13.1. The van der Waals surface area contributed by atoms with E-state index in [2.05, 4.69) is 25.1 Å². The number of aryl methyl sites for hydroxylation is 1. The number of aliphatic hydroxyl groups is 1. The molecule has 0 radical (unpaired) electrons. The molecule has 0 fully saturated rings. The summed E-state index contributed by atoms with van der Waals surface area (Å²) < 4.78 is 0. The number of benzene rings is 1. The molecule has 3 atom stereocenters. The Kier molecular flexibility index (Phi) is 3.73. The molecular weight excluding hydrogens is 222 g/mol. The maximum absolute atomic E-state index is 10.5. The molecule has 1 aliphatic rings. The predicted octanol–water partition coefficient (Wildman–Crippen LogP) is 3.09. The van der Waals surface area contributed by atoms with Crippen LogP contribution in [0.5, 0.6) is 0 Å². The first-order chi connectivity index (χ1) is 8.63. The number of hydrogen-bond donors (Lipinski definition) is 1. The van der Waals surface area contributed by atoms with E-state index in [1.54, 1.807) is 0 Å². The zero-order chi connectivity index (χ0) is 13.2. The van der Waals surface area contributed by atoms with Crippen LogP contribution in [-0.4, -0.2) is 11.2 Å². The zero-order valence-electron chi connectivity index (χ0n) is 11.2. The second kappa shape index (κ2) is 5.12. The van der Waals surface area contributed by atoms with Gasteiger partial charge in [0.05, 0.1) is 17.6 Å². The van der Waals surface area contributed by atoms with E-state index in [0.717, 1.165) is 19.3 Å². The fourth-order valence-electron chi connectivity index (χ4n) is 2.94. The van der Waals surface area contributed by atoms with Crippen LogP contribution < -0.4 is 0 Å². The maximum atomic E-state index is 10.5.